The van der Waals surface area contributed by atoms with Gasteiger partial charge in [-0.3, -0.25) is 4.79 Å². The molecule has 4 rings (SSSR count). The molecule has 0 radical (unpaired) electrons. The smallest absolute Gasteiger partial charge is 0.336 e. The molecular weight excluding hydrogens is 442 g/mol. The average Bonchev–Trinajstić information content (AvgIpc) is 2.79. The first-order valence-corrected chi connectivity index (χ1v) is 11.2. The highest BCUT2D eigenvalue weighted by atomic mass is 35.5. The lowest BCUT2D eigenvalue weighted by Gasteiger charge is -2.36. The number of rotatable bonds is 5. The van der Waals surface area contributed by atoms with Crippen molar-refractivity contribution in [1.82, 2.24) is 5.32 Å². The van der Waals surface area contributed by atoms with E-state index in [2.05, 4.69) is 5.32 Å². The third-order valence-corrected chi connectivity index (χ3v) is 6.45. The summed E-state index contributed by atoms with van der Waals surface area (Å²) in [4.78, 5) is 26.5. The van der Waals surface area contributed by atoms with Crippen molar-refractivity contribution in [2.45, 2.75) is 38.5 Å². The van der Waals surface area contributed by atoms with Crippen LogP contribution in [-0.2, 0) is 14.3 Å². The molecule has 0 spiro atoms. The highest BCUT2D eigenvalue weighted by molar-refractivity contribution is 6.30. The SMILES string of the molecule is CCOC(=O)C1=C(C)NC2=C(C(=O)C[C@@H](c3ccc(Cl)cc3)C2)[C@@H]1c1ccc(O)c(OC)c1. The van der Waals surface area contributed by atoms with E-state index in [-0.39, 0.29) is 29.8 Å². The molecule has 0 amide bonds. The standard InChI is InChI=1S/C26H26ClNO5/c1-4-33-26(31)23-14(2)28-19-11-17(15-5-8-18(27)9-6-15)12-21(30)25(19)24(23)16-7-10-20(29)22(13-16)32-3/h5-10,13,17,24,28-29H,4,11-12H2,1-3H3/t17-,24+/m0/s1. The third kappa shape index (κ3) is 4.35. The predicted molar refractivity (Wildman–Crippen MR) is 125 cm³/mol. The Balaban J connectivity index is 1.82. The van der Waals surface area contributed by atoms with Gasteiger partial charge in [0, 0.05) is 34.3 Å². The number of allylic oxidation sites excluding steroid dienone is 3. The number of phenolic OH excluding ortho intramolecular Hbond substituents is 1. The molecule has 2 aromatic rings. The molecule has 33 heavy (non-hydrogen) atoms. The van der Waals surface area contributed by atoms with Crippen LogP contribution in [0, 0.1) is 0 Å². The number of halogens is 1. The second-order valence-corrected chi connectivity index (χ2v) is 8.66. The summed E-state index contributed by atoms with van der Waals surface area (Å²) in [5, 5.41) is 14.0. The third-order valence-electron chi connectivity index (χ3n) is 6.20. The highest BCUT2D eigenvalue weighted by Gasteiger charge is 2.41. The van der Waals surface area contributed by atoms with Gasteiger partial charge in [-0.25, -0.2) is 4.79 Å². The van der Waals surface area contributed by atoms with E-state index in [4.69, 9.17) is 21.1 Å². The fourth-order valence-electron chi connectivity index (χ4n) is 4.70. The van der Waals surface area contributed by atoms with Crippen LogP contribution in [-0.4, -0.2) is 30.6 Å². The Hall–Kier alpha value is -3.25. The Morgan fingerprint density at radius 2 is 1.85 bits per heavy atom. The molecule has 1 aliphatic heterocycles. The highest BCUT2D eigenvalue weighted by Crippen LogP contribution is 2.46. The number of aromatic hydroxyl groups is 1. The van der Waals surface area contributed by atoms with Gasteiger partial charge in [0.05, 0.1) is 19.3 Å². The number of esters is 1. The quantitative estimate of drug-likeness (QED) is 0.603. The summed E-state index contributed by atoms with van der Waals surface area (Å²) < 4.78 is 10.6. The van der Waals surface area contributed by atoms with Crippen molar-refractivity contribution in [1.29, 1.82) is 0 Å². The molecular formula is C26H26ClNO5. The Bertz CT molecular complexity index is 1170. The zero-order valence-corrected chi connectivity index (χ0v) is 19.5. The van der Waals surface area contributed by atoms with Crippen LogP contribution in [0.5, 0.6) is 11.5 Å². The van der Waals surface area contributed by atoms with E-state index in [1.807, 2.05) is 31.2 Å². The van der Waals surface area contributed by atoms with Gasteiger partial charge in [-0.2, -0.15) is 0 Å². The Morgan fingerprint density at radius 1 is 1.15 bits per heavy atom. The van der Waals surface area contributed by atoms with Crippen molar-refractivity contribution in [2.75, 3.05) is 13.7 Å². The molecule has 2 N–H and O–H groups in total. The molecule has 0 saturated heterocycles. The van der Waals surface area contributed by atoms with E-state index >= 15 is 0 Å². The van der Waals surface area contributed by atoms with Gasteiger partial charge in [0.2, 0.25) is 0 Å². The van der Waals surface area contributed by atoms with Crippen molar-refractivity contribution in [3.8, 4) is 11.5 Å². The monoisotopic (exact) mass is 467 g/mol. The van der Waals surface area contributed by atoms with E-state index in [1.165, 1.54) is 13.2 Å². The van der Waals surface area contributed by atoms with Gasteiger partial charge in [0.25, 0.3) is 0 Å². The molecule has 1 aliphatic carbocycles. The Kier molecular flexibility index (Phi) is 6.47. The summed E-state index contributed by atoms with van der Waals surface area (Å²) in [6.07, 6.45) is 0.949. The molecule has 172 valence electrons. The van der Waals surface area contributed by atoms with Gasteiger partial charge in [-0.05, 0) is 61.6 Å². The summed E-state index contributed by atoms with van der Waals surface area (Å²) in [5.74, 6) is -0.855. The van der Waals surface area contributed by atoms with E-state index in [0.29, 0.717) is 40.3 Å². The normalized spacial score (nSPS) is 20.3. The molecule has 0 bridgehead atoms. The molecule has 2 aliphatic rings. The van der Waals surface area contributed by atoms with Gasteiger partial charge in [0.15, 0.2) is 17.3 Å². The zero-order chi connectivity index (χ0) is 23.7. The minimum Gasteiger partial charge on any atom is -0.504 e. The number of Topliss-reactive ketones (excluding diaryl/α,β-unsaturated/α-hetero) is 1. The van der Waals surface area contributed by atoms with Crippen molar-refractivity contribution < 1.29 is 24.2 Å². The number of nitrogens with one attached hydrogen (secondary N) is 1. The van der Waals surface area contributed by atoms with E-state index in [0.717, 1.165) is 11.3 Å². The molecule has 0 fully saturated rings. The first kappa shape index (κ1) is 22.9. The van der Waals surface area contributed by atoms with Gasteiger partial charge in [0.1, 0.15) is 0 Å². The number of dihydropyridines is 1. The van der Waals surface area contributed by atoms with Crippen molar-refractivity contribution >= 4 is 23.4 Å². The number of benzene rings is 2. The van der Waals surface area contributed by atoms with Crippen LogP contribution in [0.15, 0.2) is 65.0 Å². The largest absolute Gasteiger partial charge is 0.504 e. The van der Waals surface area contributed by atoms with Gasteiger partial charge in [-0.15, -0.1) is 0 Å². The number of hydrogen-bond donors (Lipinski definition) is 2. The topological polar surface area (TPSA) is 84.9 Å². The van der Waals surface area contributed by atoms with Gasteiger partial charge < -0.3 is 19.9 Å². The summed E-state index contributed by atoms with van der Waals surface area (Å²) in [7, 11) is 1.46. The van der Waals surface area contributed by atoms with Crippen LogP contribution < -0.4 is 10.1 Å². The molecule has 0 saturated carbocycles. The zero-order valence-electron chi connectivity index (χ0n) is 18.8. The van der Waals surface area contributed by atoms with Crippen LogP contribution in [0.2, 0.25) is 5.02 Å². The van der Waals surface area contributed by atoms with Gasteiger partial charge in [-0.1, -0.05) is 29.8 Å². The summed E-state index contributed by atoms with van der Waals surface area (Å²) in [6.45, 7) is 3.78. The first-order chi connectivity index (χ1) is 15.8. The van der Waals surface area contributed by atoms with Crippen LogP contribution in [0.3, 0.4) is 0 Å². The Labute approximate surface area is 197 Å². The summed E-state index contributed by atoms with van der Waals surface area (Å²) in [5.41, 5.74) is 4.12. The number of ketones is 1. The molecule has 2 aromatic carbocycles. The number of hydrogen-bond acceptors (Lipinski definition) is 6. The minimum absolute atomic E-state index is 0.00737. The van der Waals surface area contributed by atoms with Crippen molar-refractivity contribution in [2.24, 2.45) is 0 Å². The predicted octanol–water partition coefficient (Wildman–Crippen LogP) is 4.98. The number of phenols is 1. The number of carbonyl (C=O) groups is 2. The number of carbonyl (C=O) groups excluding carboxylic acids is 2. The Morgan fingerprint density at radius 3 is 2.52 bits per heavy atom. The van der Waals surface area contributed by atoms with Crippen LogP contribution >= 0.6 is 11.6 Å². The molecule has 7 heteroatoms. The lowest BCUT2D eigenvalue weighted by atomic mass is 9.71. The molecule has 0 unspecified atom stereocenters. The lowest BCUT2D eigenvalue weighted by molar-refractivity contribution is -0.138. The summed E-state index contributed by atoms with van der Waals surface area (Å²) in [6, 6.07) is 12.4. The molecule has 0 aromatic heterocycles. The van der Waals surface area contributed by atoms with Crippen LogP contribution in [0.25, 0.3) is 0 Å². The number of methoxy groups -OCH3 is 1. The summed E-state index contributed by atoms with van der Waals surface area (Å²) >= 11 is 6.04. The van der Waals surface area contributed by atoms with Gasteiger partial charge >= 0.3 is 5.97 Å². The van der Waals surface area contributed by atoms with E-state index < -0.39 is 11.9 Å². The lowest BCUT2D eigenvalue weighted by Crippen LogP contribution is -2.36. The molecule has 1 heterocycles. The first-order valence-electron chi connectivity index (χ1n) is 10.9. The maximum atomic E-state index is 13.5. The minimum atomic E-state index is -0.617. The fourth-order valence-corrected chi connectivity index (χ4v) is 4.82. The fraction of sp³-hybridized carbons (Fsp3) is 0.308. The number of ether oxygens (including phenoxy) is 2. The second-order valence-electron chi connectivity index (χ2n) is 8.22. The second kappa shape index (κ2) is 9.32. The van der Waals surface area contributed by atoms with Crippen molar-refractivity contribution in [3.63, 3.8) is 0 Å². The molecule has 6 nitrogen and oxygen atoms in total. The van der Waals surface area contributed by atoms with E-state index in [9.17, 15) is 14.7 Å². The van der Waals surface area contributed by atoms with Crippen molar-refractivity contribution in [3.05, 3.63) is 81.2 Å². The maximum Gasteiger partial charge on any atom is 0.336 e. The molecule has 2 atom stereocenters. The van der Waals surface area contributed by atoms with E-state index in [1.54, 1.807) is 19.1 Å². The average molecular weight is 468 g/mol. The maximum absolute atomic E-state index is 13.5. The van der Waals surface area contributed by atoms with Crippen LogP contribution in [0.1, 0.15) is 49.7 Å². The van der Waals surface area contributed by atoms with Crippen LogP contribution in [0.4, 0.5) is 0 Å².